The van der Waals surface area contributed by atoms with Crippen molar-refractivity contribution in [2.24, 2.45) is 0 Å². The molecule has 0 aliphatic rings. The third kappa shape index (κ3) is 2.35. The number of nitrogens with two attached hydrogens (primary N) is 1. The fourth-order valence-electron chi connectivity index (χ4n) is 1.37. The third-order valence-corrected chi connectivity index (χ3v) is 2.48. The Hall–Kier alpha value is -1.72. The van der Waals surface area contributed by atoms with Crippen LogP contribution in [0, 0.1) is 0 Å². The first-order chi connectivity index (χ1) is 7.97. The van der Waals surface area contributed by atoms with Gasteiger partial charge in [-0.05, 0) is 18.2 Å². The molecule has 1 aromatic carbocycles. The Labute approximate surface area is 106 Å². The molecule has 7 heteroatoms. The lowest BCUT2D eigenvalue weighted by atomic mass is 10.3. The number of rotatable bonds is 2. The lowest BCUT2D eigenvalue weighted by molar-refractivity contribution is 0.0690. The summed E-state index contributed by atoms with van der Waals surface area (Å²) < 4.78 is 1.27. The molecule has 0 saturated heterocycles. The van der Waals surface area contributed by atoms with Crippen LogP contribution in [0.1, 0.15) is 10.5 Å². The van der Waals surface area contributed by atoms with Crippen LogP contribution in [0.25, 0.3) is 5.69 Å². The van der Waals surface area contributed by atoms with Gasteiger partial charge in [0.15, 0.2) is 5.69 Å². The number of aromatic nitrogens is 2. The summed E-state index contributed by atoms with van der Waals surface area (Å²) >= 11 is 11.7. The summed E-state index contributed by atoms with van der Waals surface area (Å²) in [7, 11) is 0. The normalized spacial score (nSPS) is 10.5. The highest BCUT2D eigenvalue weighted by molar-refractivity contribution is 6.34. The number of nitrogen functional groups attached to an aromatic ring is 1. The molecule has 0 radical (unpaired) electrons. The smallest absolute Gasteiger partial charge is 0.356 e. The number of hydrogen-bond acceptors (Lipinski definition) is 3. The SMILES string of the molecule is Nc1cc(C(=O)O)nn1-c1cc(Cl)cc(Cl)c1. The Bertz CT molecular complexity index is 575. The second-order valence-corrected chi connectivity index (χ2v) is 4.17. The number of nitrogens with zero attached hydrogens (tertiary/aromatic N) is 2. The summed E-state index contributed by atoms with van der Waals surface area (Å²) in [5.74, 6) is -0.954. The zero-order chi connectivity index (χ0) is 12.6. The number of anilines is 1. The van der Waals surface area contributed by atoms with Crippen molar-refractivity contribution in [3.8, 4) is 5.69 Å². The van der Waals surface area contributed by atoms with E-state index in [9.17, 15) is 4.79 Å². The number of halogens is 2. The molecule has 2 rings (SSSR count). The van der Waals surface area contributed by atoms with Crippen molar-refractivity contribution < 1.29 is 9.90 Å². The zero-order valence-corrected chi connectivity index (χ0v) is 9.90. The molecule has 0 atom stereocenters. The van der Waals surface area contributed by atoms with Crippen molar-refractivity contribution in [1.82, 2.24) is 9.78 Å². The maximum absolute atomic E-state index is 10.7. The van der Waals surface area contributed by atoms with Crippen LogP contribution < -0.4 is 5.73 Å². The number of hydrogen-bond donors (Lipinski definition) is 2. The van der Waals surface area contributed by atoms with E-state index in [0.29, 0.717) is 15.7 Å². The summed E-state index contributed by atoms with van der Waals surface area (Å²) in [6, 6.07) is 5.99. The minimum absolute atomic E-state index is 0.140. The van der Waals surface area contributed by atoms with Gasteiger partial charge in [0.2, 0.25) is 0 Å². The molecule has 2 aromatic rings. The fourth-order valence-corrected chi connectivity index (χ4v) is 1.88. The fraction of sp³-hybridized carbons (Fsp3) is 0. The topological polar surface area (TPSA) is 81.1 Å². The lowest BCUT2D eigenvalue weighted by Crippen LogP contribution is -2.03. The molecule has 1 aromatic heterocycles. The van der Waals surface area contributed by atoms with Crippen LogP contribution in [0.5, 0.6) is 0 Å². The molecule has 0 saturated carbocycles. The summed E-state index contributed by atoms with van der Waals surface area (Å²) in [5, 5.41) is 13.5. The highest BCUT2D eigenvalue weighted by atomic mass is 35.5. The van der Waals surface area contributed by atoms with Gasteiger partial charge in [-0.3, -0.25) is 0 Å². The van der Waals surface area contributed by atoms with Gasteiger partial charge in [-0.15, -0.1) is 0 Å². The van der Waals surface area contributed by atoms with Crippen molar-refractivity contribution in [3.05, 3.63) is 40.0 Å². The van der Waals surface area contributed by atoms with Gasteiger partial charge in [-0.25, -0.2) is 9.48 Å². The second kappa shape index (κ2) is 4.27. The molecule has 17 heavy (non-hydrogen) atoms. The maximum atomic E-state index is 10.7. The number of carboxylic acids is 1. The summed E-state index contributed by atoms with van der Waals surface area (Å²) in [6.07, 6.45) is 0. The van der Waals surface area contributed by atoms with Crippen molar-refractivity contribution in [2.45, 2.75) is 0 Å². The van der Waals surface area contributed by atoms with Crippen molar-refractivity contribution in [3.63, 3.8) is 0 Å². The summed E-state index contributed by atoms with van der Waals surface area (Å²) in [6.45, 7) is 0. The second-order valence-electron chi connectivity index (χ2n) is 3.30. The Kier molecular flexibility index (Phi) is 2.95. The van der Waals surface area contributed by atoms with E-state index in [4.69, 9.17) is 34.0 Å². The first-order valence-electron chi connectivity index (χ1n) is 4.52. The van der Waals surface area contributed by atoms with E-state index in [0.717, 1.165) is 0 Å². The van der Waals surface area contributed by atoms with E-state index in [2.05, 4.69) is 5.10 Å². The van der Waals surface area contributed by atoms with Crippen LogP contribution in [-0.4, -0.2) is 20.9 Å². The van der Waals surface area contributed by atoms with Gasteiger partial charge in [-0.1, -0.05) is 23.2 Å². The number of benzene rings is 1. The average Bonchev–Trinajstić information content (AvgIpc) is 2.59. The van der Waals surface area contributed by atoms with Crippen LogP contribution in [0.4, 0.5) is 5.82 Å². The van der Waals surface area contributed by atoms with E-state index in [1.807, 2.05) is 0 Å². The van der Waals surface area contributed by atoms with Gasteiger partial charge in [0, 0.05) is 16.1 Å². The average molecular weight is 272 g/mol. The number of aromatic carboxylic acids is 1. The van der Waals surface area contributed by atoms with Crippen LogP contribution in [0.3, 0.4) is 0 Å². The quantitative estimate of drug-likeness (QED) is 0.879. The molecule has 0 spiro atoms. The van der Waals surface area contributed by atoms with E-state index < -0.39 is 5.97 Å². The number of carbonyl (C=O) groups is 1. The molecule has 88 valence electrons. The number of carboxylic acid groups (broad SMARTS) is 1. The highest BCUT2D eigenvalue weighted by Gasteiger charge is 2.13. The van der Waals surface area contributed by atoms with E-state index in [1.165, 1.54) is 10.7 Å². The van der Waals surface area contributed by atoms with Gasteiger partial charge in [-0.2, -0.15) is 5.10 Å². The summed E-state index contributed by atoms with van der Waals surface area (Å²) in [4.78, 5) is 10.7. The van der Waals surface area contributed by atoms with Crippen LogP contribution in [0.15, 0.2) is 24.3 Å². The van der Waals surface area contributed by atoms with Crippen LogP contribution >= 0.6 is 23.2 Å². The van der Waals surface area contributed by atoms with Crippen LogP contribution in [0.2, 0.25) is 10.0 Å². The monoisotopic (exact) mass is 271 g/mol. The molecular weight excluding hydrogens is 265 g/mol. The van der Waals surface area contributed by atoms with Crippen molar-refractivity contribution in [2.75, 3.05) is 5.73 Å². The molecule has 0 bridgehead atoms. The molecule has 3 N–H and O–H groups in total. The molecule has 1 heterocycles. The maximum Gasteiger partial charge on any atom is 0.356 e. The van der Waals surface area contributed by atoms with Gasteiger partial charge in [0.05, 0.1) is 5.69 Å². The Morgan fingerprint density at radius 2 is 1.82 bits per heavy atom. The third-order valence-electron chi connectivity index (χ3n) is 2.05. The van der Waals surface area contributed by atoms with Gasteiger partial charge < -0.3 is 10.8 Å². The van der Waals surface area contributed by atoms with E-state index in [1.54, 1.807) is 18.2 Å². The predicted octanol–water partition coefficient (Wildman–Crippen LogP) is 2.46. The minimum Gasteiger partial charge on any atom is -0.476 e. The van der Waals surface area contributed by atoms with Crippen LogP contribution in [-0.2, 0) is 0 Å². The zero-order valence-electron chi connectivity index (χ0n) is 8.39. The van der Waals surface area contributed by atoms with E-state index in [-0.39, 0.29) is 11.5 Å². The Morgan fingerprint density at radius 3 is 2.29 bits per heavy atom. The predicted molar refractivity (Wildman–Crippen MR) is 65.0 cm³/mol. The van der Waals surface area contributed by atoms with Crippen molar-refractivity contribution >= 4 is 35.0 Å². The van der Waals surface area contributed by atoms with Gasteiger partial charge >= 0.3 is 5.97 Å². The van der Waals surface area contributed by atoms with Crippen molar-refractivity contribution in [1.29, 1.82) is 0 Å². The molecule has 5 nitrogen and oxygen atoms in total. The summed E-state index contributed by atoms with van der Waals surface area (Å²) in [5.41, 5.74) is 6.03. The first kappa shape index (κ1) is 11.8. The molecular formula is C10H7Cl2N3O2. The largest absolute Gasteiger partial charge is 0.476 e. The molecule has 0 aliphatic carbocycles. The van der Waals surface area contributed by atoms with Gasteiger partial charge in [0.1, 0.15) is 5.82 Å². The molecule has 0 unspecified atom stereocenters. The minimum atomic E-state index is -1.15. The highest BCUT2D eigenvalue weighted by Crippen LogP contribution is 2.23. The molecule has 0 aliphatic heterocycles. The van der Waals surface area contributed by atoms with Gasteiger partial charge in [0.25, 0.3) is 0 Å². The lowest BCUT2D eigenvalue weighted by Gasteiger charge is -2.04. The standard InChI is InChI=1S/C10H7Cl2N3O2/c11-5-1-6(12)3-7(2-5)15-9(13)4-8(14-15)10(16)17/h1-4H,13H2,(H,16,17). The molecule has 0 amide bonds. The Balaban J connectivity index is 2.56. The Morgan fingerprint density at radius 1 is 1.24 bits per heavy atom. The molecule has 0 fully saturated rings. The van der Waals surface area contributed by atoms with E-state index >= 15 is 0 Å². The first-order valence-corrected chi connectivity index (χ1v) is 5.28.